The summed E-state index contributed by atoms with van der Waals surface area (Å²) in [6.45, 7) is 0.559. The molecule has 136 valence electrons. The van der Waals surface area contributed by atoms with Gasteiger partial charge in [0.25, 0.3) is 0 Å². The topological polar surface area (TPSA) is 45.5 Å². The molecule has 0 fully saturated rings. The zero-order valence-electron chi connectivity index (χ0n) is 15.1. The van der Waals surface area contributed by atoms with Gasteiger partial charge in [0.05, 0.1) is 33.4 Å². The largest absolute Gasteiger partial charge is 0.493 e. The number of rotatable bonds is 6. The van der Waals surface area contributed by atoms with Crippen molar-refractivity contribution in [1.82, 2.24) is 9.55 Å². The van der Waals surface area contributed by atoms with Gasteiger partial charge in [0.2, 0.25) is 5.75 Å². The van der Waals surface area contributed by atoms with Crippen LogP contribution in [-0.2, 0) is 6.54 Å². The first kappa shape index (κ1) is 18.5. The quantitative estimate of drug-likeness (QED) is 0.350. The molecule has 3 rings (SSSR count). The van der Waals surface area contributed by atoms with Crippen LogP contribution < -0.4 is 14.2 Å². The van der Waals surface area contributed by atoms with Crippen molar-refractivity contribution in [1.29, 1.82) is 0 Å². The average molecular weight is 389 g/mol. The number of hydrogen-bond donors (Lipinski definition) is 0. The highest BCUT2D eigenvalue weighted by molar-refractivity contribution is 7.98. The van der Waals surface area contributed by atoms with E-state index >= 15 is 0 Å². The van der Waals surface area contributed by atoms with E-state index in [0.717, 1.165) is 26.3 Å². The van der Waals surface area contributed by atoms with Crippen LogP contribution in [0.2, 0.25) is 0 Å². The van der Waals surface area contributed by atoms with E-state index in [-0.39, 0.29) is 0 Å². The van der Waals surface area contributed by atoms with Crippen LogP contribution in [-0.4, -0.2) is 37.1 Å². The highest BCUT2D eigenvalue weighted by Crippen LogP contribution is 2.38. The third-order valence-electron chi connectivity index (χ3n) is 4.07. The monoisotopic (exact) mass is 388 g/mol. The van der Waals surface area contributed by atoms with Crippen molar-refractivity contribution in [2.75, 3.05) is 27.6 Å². The first-order valence-electron chi connectivity index (χ1n) is 7.95. The van der Waals surface area contributed by atoms with E-state index in [1.165, 1.54) is 0 Å². The fraction of sp³-hybridized carbons (Fsp3) is 0.263. The van der Waals surface area contributed by atoms with Crippen molar-refractivity contribution in [2.24, 2.45) is 0 Å². The second-order valence-electron chi connectivity index (χ2n) is 5.54. The predicted octanol–water partition coefficient (Wildman–Crippen LogP) is 4.56. The van der Waals surface area contributed by atoms with Crippen LogP contribution in [0.5, 0.6) is 17.2 Å². The van der Waals surface area contributed by atoms with Crippen LogP contribution >= 0.6 is 24.0 Å². The predicted molar refractivity (Wildman–Crippen MR) is 108 cm³/mol. The zero-order valence-corrected chi connectivity index (χ0v) is 16.7. The maximum atomic E-state index is 5.74. The summed E-state index contributed by atoms with van der Waals surface area (Å²) in [6, 6.07) is 11.8. The van der Waals surface area contributed by atoms with E-state index < -0.39 is 0 Å². The van der Waals surface area contributed by atoms with E-state index in [2.05, 4.69) is 0 Å². The Bertz CT molecular complexity index is 977. The Labute approximate surface area is 161 Å². The summed E-state index contributed by atoms with van der Waals surface area (Å²) in [7, 11) is 4.81. The summed E-state index contributed by atoms with van der Waals surface area (Å²) >= 11 is 7.31. The van der Waals surface area contributed by atoms with Gasteiger partial charge in [-0.3, -0.25) is 0 Å². The highest BCUT2D eigenvalue weighted by Gasteiger charge is 2.15. The summed E-state index contributed by atoms with van der Waals surface area (Å²) in [4.78, 5) is 4.74. The molecular formula is C19H20N2O3S2. The Morgan fingerprint density at radius 1 is 1.04 bits per heavy atom. The van der Waals surface area contributed by atoms with Crippen molar-refractivity contribution in [2.45, 2.75) is 11.7 Å². The zero-order chi connectivity index (χ0) is 18.7. The lowest BCUT2D eigenvalue weighted by Gasteiger charge is -2.17. The highest BCUT2D eigenvalue weighted by atomic mass is 32.2. The van der Waals surface area contributed by atoms with E-state index in [0.29, 0.717) is 23.8 Å². The minimum Gasteiger partial charge on any atom is -0.493 e. The van der Waals surface area contributed by atoms with Gasteiger partial charge in [-0.2, -0.15) is 0 Å². The Morgan fingerprint density at radius 3 is 2.27 bits per heavy atom. The second-order valence-corrected chi connectivity index (χ2v) is 6.70. The molecule has 0 saturated heterocycles. The molecule has 26 heavy (non-hydrogen) atoms. The van der Waals surface area contributed by atoms with Crippen molar-refractivity contribution >= 4 is 34.9 Å². The maximum Gasteiger partial charge on any atom is 0.203 e. The molecule has 0 unspecified atom stereocenters. The molecule has 0 amide bonds. The van der Waals surface area contributed by atoms with E-state index in [1.807, 2.05) is 47.2 Å². The molecule has 0 atom stereocenters. The lowest BCUT2D eigenvalue weighted by Crippen LogP contribution is -2.08. The first-order valence-corrected chi connectivity index (χ1v) is 9.58. The van der Waals surface area contributed by atoms with Gasteiger partial charge < -0.3 is 18.8 Å². The molecule has 0 radical (unpaired) electrons. The summed E-state index contributed by atoms with van der Waals surface area (Å²) in [5, 5.41) is 1.83. The van der Waals surface area contributed by atoms with Crippen LogP contribution in [0.15, 0.2) is 41.6 Å². The molecule has 5 nitrogen and oxygen atoms in total. The molecule has 1 aromatic heterocycles. The average Bonchev–Trinajstić information content (AvgIpc) is 2.69. The molecule has 1 heterocycles. The van der Waals surface area contributed by atoms with Gasteiger partial charge in [0.15, 0.2) is 16.7 Å². The van der Waals surface area contributed by atoms with Gasteiger partial charge in [0.1, 0.15) is 4.64 Å². The van der Waals surface area contributed by atoms with Gasteiger partial charge in [0, 0.05) is 5.39 Å². The first-order chi connectivity index (χ1) is 12.6. The maximum absolute atomic E-state index is 5.74. The number of nitrogens with zero attached hydrogens (tertiary/aromatic N) is 2. The third kappa shape index (κ3) is 3.37. The standard InChI is InChI=1S/C19H20N2O3S2/c1-22-15-9-12(10-16(23-2)17(15)24-3)11-21-18(25)13-7-5-6-8-14(13)20-19(21)26-4/h5-10H,11H2,1-4H3. The summed E-state index contributed by atoms with van der Waals surface area (Å²) in [6.07, 6.45) is 2.00. The summed E-state index contributed by atoms with van der Waals surface area (Å²) in [5.74, 6) is 1.81. The molecule has 0 bridgehead atoms. The summed E-state index contributed by atoms with van der Waals surface area (Å²) in [5.41, 5.74) is 1.89. The Hall–Kier alpha value is -2.25. The molecule has 2 aromatic carbocycles. The second kappa shape index (κ2) is 7.97. The lowest BCUT2D eigenvalue weighted by atomic mass is 10.1. The van der Waals surface area contributed by atoms with Crippen LogP contribution in [0.25, 0.3) is 10.9 Å². The van der Waals surface area contributed by atoms with E-state index in [4.69, 9.17) is 31.4 Å². The lowest BCUT2D eigenvalue weighted by molar-refractivity contribution is 0.323. The number of fused-ring (bicyclic) bond motifs is 1. The van der Waals surface area contributed by atoms with Crippen LogP contribution in [0, 0.1) is 4.64 Å². The van der Waals surface area contributed by atoms with Crippen molar-refractivity contribution < 1.29 is 14.2 Å². The Morgan fingerprint density at radius 2 is 1.69 bits per heavy atom. The van der Waals surface area contributed by atoms with Crippen LogP contribution in [0.1, 0.15) is 5.56 Å². The van der Waals surface area contributed by atoms with Crippen LogP contribution in [0.3, 0.4) is 0 Å². The molecule has 7 heteroatoms. The molecule has 0 aliphatic carbocycles. The van der Waals surface area contributed by atoms with E-state index in [9.17, 15) is 0 Å². The number of benzene rings is 2. The fourth-order valence-electron chi connectivity index (χ4n) is 2.85. The number of para-hydroxylation sites is 1. The number of aromatic nitrogens is 2. The Balaban J connectivity index is 2.14. The summed E-state index contributed by atoms with van der Waals surface area (Å²) < 4.78 is 19.1. The normalized spacial score (nSPS) is 10.8. The van der Waals surface area contributed by atoms with Crippen LogP contribution in [0.4, 0.5) is 0 Å². The molecule has 0 saturated carbocycles. The third-order valence-corrected chi connectivity index (χ3v) is 5.19. The fourth-order valence-corrected chi connectivity index (χ4v) is 3.80. The molecule has 3 aromatic rings. The minimum atomic E-state index is 0.559. The smallest absolute Gasteiger partial charge is 0.203 e. The number of methoxy groups -OCH3 is 3. The van der Waals surface area contributed by atoms with Crippen molar-refractivity contribution in [3.8, 4) is 17.2 Å². The number of thioether (sulfide) groups is 1. The van der Waals surface area contributed by atoms with Gasteiger partial charge in [-0.25, -0.2) is 4.98 Å². The molecular weight excluding hydrogens is 368 g/mol. The molecule has 0 N–H and O–H groups in total. The van der Waals surface area contributed by atoms with Crippen molar-refractivity contribution in [3.63, 3.8) is 0 Å². The molecule has 0 aliphatic heterocycles. The number of ether oxygens (including phenoxy) is 3. The Kier molecular flexibility index (Phi) is 5.68. The van der Waals surface area contributed by atoms with Crippen molar-refractivity contribution in [3.05, 3.63) is 46.6 Å². The minimum absolute atomic E-state index is 0.559. The van der Waals surface area contributed by atoms with Gasteiger partial charge in [-0.1, -0.05) is 36.1 Å². The van der Waals surface area contributed by atoms with Gasteiger partial charge >= 0.3 is 0 Å². The van der Waals surface area contributed by atoms with Gasteiger partial charge in [-0.15, -0.1) is 0 Å². The van der Waals surface area contributed by atoms with E-state index in [1.54, 1.807) is 33.1 Å². The molecule has 0 aliphatic rings. The SMILES string of the molecule is COc1cc(Cn2c(SC)nc3ccccc3c2=S)cc(OC)c1OC. The van der Waals surface area contributed by atoms with Gasteiger partial charge in [-0.05, 0) is 36.1 Å². The molecule has 0 spiro atoms. The number of hydrogen-bond acceptors (Lipinski definition) is 6.